The Morgan fingerprint density at radius 3 is 2.62 bits per heavy atom. The summed E-state index contributed by atoms with van der Waals surface area (Å²) < 4.78 is 2.29. The molecule has 1 aromatic heterocycles. The van der Waals surface area contributed by atoms with Gasteiger partial charge in [-0.25, -0.2) is 9.67 Å². The highest BCUT2D eigenvalue weighted by atomic mass is 127. The number of hydrogen-bond acceptors (Lipinski definition) is 5. The van der Waals surface area contributed by atoms with Gasteiger partial charge in [0.25, 0.3) is 11.6 Å². The fourth-order valence-electron chi connectivity index (χ4n) is 2.42. The van der Waals surface area contributed by atoms with Crippen LogP contribution in [0.1, 0.15) is 28.9 Å². The van der Waals surface area contributed by atoms with E-state index in [1.165, 1.54) is 18.5 Å². The van der Waals surface area contributed by atoms with Crippen molar-refractivity contribution in [3.63, 3.8) is 0 Å². The van der Waals surface area contributed by atoms with E-state index in [0.29, 0.717) is 3.57 Å². The Kier molecular flexibility index (Phi) is 5.26. The summed E-state index contributed by atoms with van der Waals surface area (Å²) in [7, 11) is 0. The summed E-state index contributed by atoms with van der Waals surface area (Å²) in [6.07, 6.45) is 3.06. The molecule has 0 saturated heterocycles. The van der Waals surface area contributed by atoms with Gasteiger partial charge in [0, 0.05) is 15.7 Å². The Morgan fingerprint density at radius 1 is 1.27 bits per heavy atom. The molecule has 0 radical (unpaired) electrons. The minimum absolute atomic E-state index is 0.111. The van der Waals surface area contributed by atoms with E-state index in [9.17, 15) is 14.9 Å². The molecule has 0 saturated carbocycles. The Bertz CT molecular complexity index is 942. The van der Waals surface area contributed by atoms with Gasteiger partial charge in [0.05, 0.1) is 22.2 Å². The summed E-state index contributed by atoms with van der Waals surface area (Å²) >= 11 is 1.99. The maximum absolute atomic E-state index is 12.5. The van der Waals surface area contributed by atoms with Crippen molar-refractivity contribution in [1.29, 1.82) is 0 Å². The Morgan fingerprint density at radius 2 is 2.00 bits per heavy atom. The van der Waals surface area contributed by atoms with E-state index < -0.39 is 4.92 Å². The fraction of sp³-hybridized carbons (Fsp3) is 0.118. The number of hydrogen-bond donors (Lipinski definition) is 1. The number of nitrogens with zero attached hydrogens (tertiary/aromatic N) is 4. The van der Waals surface area contributed by atoms with Crippen molar-refractivity contribution in [3.05, 3.63) is 79.9 Å². The van der Waals surface area contributed by atoms with E-state index in [0.717, 1.165) is 11.3 Å². The van der Waals surface area contributed by atoms with Gasteiger partial charge >= 0.3 is 0 Å². The van der Waals surface area contributed by atoms with Crippen LogP contribution in [-0.2, 0) is 0 Å². The quantitative estimate of drug-likeness (QED) is 0.356. The third kappa shape index (κ3) is 3.87. The first kappa shape index (κ1) is 18.0. The molecule has 0 aliphatic heterocycles. The van der Waals surface area contributed by atoms with Crippen molar-refractivity contribution >= 4 is 34.2 Å². The van der Waals surface area contributed by atoms with E-state index in [2.05, 4.69) is 15.4 Å². The van der Waals surface area contributed by atoms with Gasteiger partial charge in [-0.1, -0.05) is 12.1 Å². The first-order chi connectivity index (χ1) is 12.5. The number of non-ortho nitro benzene ring substituents is 1. The topological polar surface area (TPSA) is 103 Å². The number of nitro benzene ring substituents is 1. The minimum Gasteiger partial charge on any atom is -0.345 e. The summed E-state index contributed by atoms with van der Waals surface area (Å²) in [5.74, 6) is -0.356. The average molecular weight is 463 g/mol. The molecule has 0 aliphatic carbocycles. The molecule has 1 atom stereocenters. The predicted molar refractivity (Wildman–Crippen MR) is 103 cm³/mol. The standard InChI is InChI=1S/C17H14IN5O3/c1-11(12-2-4-13(5-3-12)22-10-19-9-20-22)21-17(24)15-8-14(23(25)26)6-7-16(15)18/h2-11H,1H3,(H,21,24). The van der Waals surface area contributed by atoms with Gasteiger partial charge < -0.3 is 5.32 Å². The summed E-state index contributed by atoms with van der Waals surface area (Å²) in [4.78, 5) is 26.8. The molecule has 9 heteroatoms. The van der Waals surface area contributed by atoms with Crippen molar-refractivity contribution in [2.24, 2.45) is 0 Å². The molecular formula is C17H14IN5O3. The zero-order valence-electron chi connectivity index (χ0n) is 13.7. The van der Waals surface area contributed by atoms with Crippen LogP contribution in [-0.4, -0.2) is 25.6 Å². The Labute approximate surface area is 162 Å². The summed E-state index contributed by atoms with van der Waals surface area (Å²) in [5, 5.41) is 17.9. The van der Waals surface area contributed by atoms with Crippen LogP contribution >= 0.6 is 22.6 Å². The first-order valence-corrected chi connectivity index (χ1v) is 8.73. The molecule has 2 aromatic carbocycles. The number of nitrogens with one attached hydrogen (secondary N) is 1. The zero-order valence-corrected chi connectivity index (χ0v) is 15.8. The molecule has 0 bridgehead atoms. The van der Waals surface area contributed by atoms with E-state index >= 15 is 0 Å². The van der Waals surface area contributed by atoms with Crippen LogP contribution < -0.4 is 5.32 Å². The van der Waals surface area contributed by atoms with Crippen LogP contribution in [0.25, 0.3) is 5.69 Å². The molecule has 0 spiro atoms. The second kappa shape index (κ2) is 7.60. The summed E-state index contributed by atoms with van der Waals surface area (Å²) in [6, 6.07) is 11.5. The number of halogens is 1. The fourth-order valence-corrected chi connectivity index (χ4v) is 3.00. The highest BCUT2D eigenvalue weighted by Gasteiger charge is 2.17. The van der Waals surface area contributed by atoms with E-state index in [1.54, 1.807) is 17.1 Å². The first-order valence-electron chi connectivity index (χ1n) is 7.65. The number of carbonyl (C=O) groups is 1. The largest absolute Gasteiger partial charge is 0.345 e. The van der Waals surface area contributed by atoms with E-state index in [1.807, 2.05) is 53.8 Å². The normalized spacial score (nSPS) is 11.8. The zero-order chi connectivity index (χ0) is 18.7. The van der Waals surface area contributed by atoms with Crippen LogP contribution in [0.2, 0.25) is 0 Å². The molecule has 1 amide bonds. The lowest BCUT2D eigenvalue weighted by molar-refractivity contribution is -0.384. The van der Waals surface area contributed by atoms with Gasteiger partial charge in [0.2, 0.25) is 0 Å². The van der Waals surface area contributed by atoms with Crippen molar-refractivity contribution in [1.82, 2.24) is 20.1 Å². The van der Waals surface area contributed by atoms with Crippen LogP contribution in [0.5, 0.6) is 0 Å². The van der Waals surface area contributed by atoms with Gasteiger partial charge in [-0.3, -0.25) is 14.9 Å². The molecule has 1 unspecified atom stereocenters. The lowest BCUT2D eigenvalue weighted by atomic mass is 10.1. The summed E-state index contributed by atoms with van der Waals surface area (Å²) in [5.41, 5.74) is 1.94. The highest BCUT2D eigenvalue weighted by molar-refractivity contribution is 14.1. The maximum atomic E-state index is 12.5. The third-order valence-electron chi connectivity index (χ3n) is 3.83. The van der Waals surface area contributed by atoms with Crippen molar-refractivity contribution in [3.8, 4) is 5.69 Å². The van der Waals surface area contributed by atoms with Crippen molar-refractivity contribution in [2.75, 3.05) is 0 Å². The molecule has 8 nitrogen and oxygen atoms in total. The second-order valence-corrected chi connectivity index (χ2v) is 6.71. The molecule has 1 heterocycles. The lowest BCUT2D eigenvalue weighted by Crippen LogP contribution is -2.27. The van der Waals surface area contributed by atoms with Gasteiger partial charge in [0.1, 0.15) is 12.7 Å². The van der Waals surface area contributed by atoms with Gasteiger partial charge in [-0.15, -0.1) is 0 Å². The van der Waals surface area contributed by atoms with Crippen molar-refractivity contribution < 1.29 is 9.72 Å². The van der Waals surface area contributed by atoms with E-state index in [4.69, 9.17) is 0 Å². The van der Waals surface area contributed by atoms with Crippen LogP contribution in [0.4, 0.5) is 5.69 Å². The Balaban J connectivity index is 1.75. The van der Waals surface area contributed by atoms with E-state index in [-0.39, 0.29) is 23.2 Å². The van der Waals surface area contributed by atoms with Crippen molar-refractivity contribution in [2.45, 2.75) is 13.0 Å². The highest BCUT2D eigenvalue weighted by Crippen LogP contribution is 2.21. The summed E-state index contributed by atoms with van der Waals surface area (Å²) in [6.45, 7) is 1.85. The molecule has 3 aromatic rings. The maximum Gasteiger partial charge on any atom is 0.270 e. The van der Waals surface area contributed by atoms with Crippen LogP contribution in [0, 0.1) is 13.7 Å². The molecule has 132 valence electrons. The smallest absolute Gasteiger partial charge is 0.270 e. The molecule has 0 fully saturated rings. The number of carbonyl (C=O) groups excluding carboxylic acids is 1. The Hall–Kier alpha value is -2.82. The SMILES string of the molecule is CC(NC(=O)c1cc([N+](=O)[O-])ccc1I)c1ccc(-n2cncn2)cc1. The number of aromatic nitrogens is 3. The molecule has 0 aliphatic rings. The second-order valence-electron chi connectivity index (χ2n) is 5.55. The number of nitro groups is 1. The van der Waals surface area contributed by atoms with Crippen LogP contribution in [0.3, 0.4) is 0 Å². The molecule has 26 heavy (non-hydrogen) atoms. The number of amides is 1. The predicted octanol–water partition coefficient (Wildman–Crippen LogP) is 3.27. The number of benzene rings is 2. The molecule has 3 rings (SSSR count). The van der Waals surface area contributed by atoms with Gasteiger partial charge in [-0.05, 0) is 53.3 Å². The third-order valence-corrected chi connectivity index (χ3v) is 4.77. The van der Waals surface area contributed by atoms with Gasteiger partial charge in [0.15, 0.2) is 0 Å². The number of rotatable bonds is 5. The minimum atomic E-state index is -0.515. The molecular weight excluding hydrogens is 449 g/mol. The van der Waals surface area contributed by atoms with Gasteiger partial charge in [-0.2, -0.15) is 5.10 Å². The van der Waals surface area contributed by atoms with Crippen LogP contribution in [0.15, 0.2) is 55.1 Å². The average Bonchev–Trinajstić information content (AvgIpc) is 3.16. The monoisotopic (exact) mass is 463 g/mol. The molecule has 1 N–H and O–H groups in total. The lowest BCUT2D eigenvalue weighted by Gasteiger charge is -2.15.